The number of benzene rings is 1. The van der Waals surface area contributed by atoms with Crippen molar-refractivity contribution < 1.29 is 9.66 Å². The number of ether oxygens (including phenoxy) is 1. The minimum Gasteiger partial charge on any atom is -0.377 e. The molecule has 1 fully saturated rings. The van der Waals surface area contributed by atoms with E-state index in [1.54, 1.807) is 12.1 Å². The fourth-order valence-electron chi connectivity index (χ4n) is 2.59. The molecule has 0 amide bonds. The van der Waals surface area contributed by atoms with Crippen molar-refractivity contribution >= 4 is 5.69 Å². The molecule has 1 aromatic carbocycles. The fraction of sp³-hybridized carbons (Fsp3) is 0.571. The van der Waals surface area contributed by atoms with Gasteiger partial charge in [-0.15, -0.1) is 0 Å². The SMILES string of the molecule is CCOC1CCCN(Cc2ccccc2[N+](=O)[O-])C1. The number of hydrogen-bond donors (Lipinski definition) is 0. The van der Waals surface area contributed by atoms with Gasteiger partial charge in [-0.25, -0.2) is 0 Å². The van der Waals surface area contributed by atoms with Crippen molar-refractivity contribution in [3.63, 3.8) is 0 Å². The van der Waals surface area contributed by atoms with Crippen LogP contribution in [0.4, 0.5) is 5.69 Å². The van der Waals surface area contributed by atoms with Crippen LogP contribution >= 0.6 is 0 Å². The normalized spacial score (nSPS) is 20.4. The third-order valence-electron chi connectivity index (χ3n) is 3.45. The first-order valence-corrected chi connectivity index (χ1v) is 6.77. The topological polar surface area (TPSA) is 55.6 Å². The van der Waals surface area contributed by atoms with E-state index >= 15 is 0 Å². The quantitative estimate of drug-likeness (QED) is 0.606. The molecule has 5 nitrogen and oxygen atoms in total. The van der Waals surface area contributed by atoms with Crippen LogP contribution < -0.4 is 0 Å². The summed E-state index contributed by atoms with van der Waals surface area (Å²) in [6.07, 6.45) is 2.44. The van der Waals surface area contributed by atoms with Gasteiger partial charge < -0.3 is 4.74 Å². The Kier molecular flexibility index (Phi) is 4.87. The van der Waals surface area contributed by atoms with E-state index in [1.165, 1.54) is 0 Å². The molecule has 2 rings (SSSR count). The zero-order chi connectivity index (χ0) is 13.7. The molecule has 0 saturated carbocycles. The first-order chi connectivity index (χ1) is 9.20. The third kappa shape index (κ3) is 3.75. The van der Waals surface area contributed by atoms with Crippen molar-refractivity contribution in [2.75, 3.05) is 19.7 Å². The molecular weight excluding hydrogens is 244 g/mol. The highest BCUT2D eigenvalue weighted by atomic mass is 16.6. The maximum Gasteiger partial charge on any atom is 0.273 e. The highest BCUT2D eigenvalue weighted by Crippen LogP contribution is 2.22. The second-order valence-electron chi connectivity index (χ2n) is 4.84. The van der Waals surface area contributed by atoms with Crippen molar-refractivity contribution in [2.45, 2.75) is 32.4 Å². The van der Waals surface area contributed by atoms with Crippen molar-refractivity contribution in [3.05, 3.63) is 39.9 Å². The average Bonchev–Trinajstić information content (AvgIpc) is 2.40. The Balaban J connectivity index is 2.02. The van der Waals surface area contributed by atoms with Gasteiger partial charge in [0.05, 0.1) is 11.0 Å². The number of rotatable bonds is 5. The molecule has 1 saturated heterocycles. The van der Waals surface area contributed by atoms with Crippen LogP contribution in [0, 0.1) is 10.1 Å². The molecule has 1 heterocycles. The maximum absolute atomic E-state index is 11.0. The van der Waals surface area contributed by atoms with Gasteiger partial charge >= 0.3 is 0 Å². The van der Waals surface area contributed by atoms with Gasteiger partial charge in [0.2, 0.25) is 0 Å². The molecule has 0 radical (unpaired) electrons. The Morgan fingerprint density at radius 2 is 2.26 bits per heavy atom. The van der Waals surface area contributed by atoms with Gasteiger partial charge in [0.1, 0.15) is 0 Å². The summed E-state index contributed by atoms with van der Waals surface area (Å²) in [4.78, 5) is 12.9. The van der Waals surface area contributed by atoms with Crippen LogP contribution in [0.15, 0.2) is 24.3 Å². The van der Waals surface area contributed by atoms with Gasteiger partial charge in [0.25, 0.3) is 5.69 Å². The van der Waals surface area contributed by atoms with Gasteiger partial charge in [0, 0.05) is 31.3 Å². The van der Waals surface area contributed by atoms with Crippen LogP contribution in [0.1, 0.15) is 25.3 Å². The summed E-state index contributed by atoms with van der Waals surface area (Å²) < 4.78 is 5.65. The Bertz CT molecular complexity index is 434. The molecule has 0 aliphatic carbocycles. The Hall–Kier alpha value is -1.46. The second-order valence-corrected chi connectivity index (χ2v) is 4.84. The molecule has 1 atom stereocenters. The lowest BCUT2D eigenvalue weighted by molar-refractivity contribution is -0.385. The maximum atomic E-state index is 11.0. The lowest BCUT2D eigenvalue weighted by atomic mass is 10.1. The van der Waals surface area contributed by atoms with E-state index in [9.17, 15) is 10.1 Å². The van der Waals surface area contributed by atoms with E-state index < -0.39 is 0 Å². The van der Waals surface area contributed by atoms with Crippen molar-refractivity contribution in [1.29, 1.82) is 0 Å². The van der Waals surface area contributed by atoms with Crippen LogP contribution in [0.5, 0.6) is 0 Å². The zero-order valence-electron chi connectivity index (χ0n) is 11.2. The van der Waals surface area contributed by atoms with Crippen LogP contribution in [-0.2, 0) is 11.3 Å². The highest BCUT2D eigenvalue weighted by Gasteiger charge is 2.22. The smallest absolute Gasteiger partial charge is 0.273 e. The van der Waals surface area contributed by atoms with Gasteiger partial charge in [-0.2, -0.15) is 0 Å². The molecule has 1 aliphatic rings. The van der Waals surface area contributed by atoms with Gasteiger partial charge in [-0.1, -0.05) is 18.2 Å². The number of nitrogens with zero attached hydrogens (tertiary/aromatic N) is 2. The molecule has 0 spiro atoms. The van der Waals surface area contributed by atoms with Crippen molar-refractivity contribution in [1.82, 2.24) is 4.90 Å². The van der Waals surface area contributed by atoms with Crippen LogP contribution in [-0.4, -0.2) is 35.6 Å². The van der Waals surface area contributed by atoms with Gasteiger partial charge in [-0.05, 0) is 26.3 Å². The molecular formula is C14H20N2O3. The summed E-state index contributed by atoms with van der Waals surface area (Å²) in [5.41, 5.74) is 0.991. The predicted molar refractivity (Wildman–Crippen MR) is 73.0 cm³/mol. The number of nitro groups is 1. The molecule has 19 heavy (non-hydrogen) atoms. The van der Waals surface area contributed by atoms with E-state index in [4.69, 9.17) is 4.74 Å². The summed E-state index contributed by atoms with van der Waals surface area (Å²) >= 11 is 0. The first-order valence-electron chi connectivity index (χ1n) is 6.77. The number of likely N-dealkylation sites (tertiary alicyclic amines) is 1. The summed E-state index contributed by atoms with van der Waals surface area (Å²) in [7, 11) is 0. The number of nitro benzene ring substituents is 1. The van der Waals surface area contributed by atoms with E-state index in [2.05, 4.69) is 4.90 Å². The first kappa shape index (κ1) is 14.0. The van der Waals surface area contributed by atoms with Gasteiger partial charge in [0.15, 0.2) is 0 Å². The summed E-state index contributed by atoms with van der Waals surface area (Å²) in [6.45, 7) is 5.20. The molecule has 1 aromatic rings. The molecule has 104 valence electrons. The van der Waals surface area contributed by atoms with E-state index in [-0.39, 0.29) is 16.7 Å². The molecule has 1 unspecified atom stereocenters. The van der Waals surface area contributed by atoms with Crippen LogP contribution in [0.2, 0.25) is 0 Å². The molecule has 0 bridgehead atoms. The second kappa shape index (κ2) is 6.63. The Labute approximate surface area is 113 Å². The molecule has 0 aromatic heterocycles. The summed E-state index contributed by atoms with van der Waals surface area (Å²) in [5.74, 6) is 0. The van der Waals surface area contributed by atoms with E-state index in [1.807, 2.05) is 19.1 Å². The number of piperidine rings is 1. The fourth-order valence-corrected chi connectivity index (χ4v) is 2.59. The van der Waals surface area contributed by atoms with E-state index in [0.717, 1.165) is 38.1 Å². The summed E-state index contributed by atoms with van der Waals surface area (Å²) in [5, 5.41) is 11.0. The Morgan fingerprint density at radius 1 is 1.47 bits per heavy atom. The highest BCUT2D eigenvalue weighted by molar-refractivity contribution is 5.39. The molecule has 0 N–H and O–H groups in total. The monoisotopic (exact) mass is 264 g/mol. The standard InChI is InChI=1S/C14H20N2O3/c1-2-19-13-7-5-9-15(11-13)10-12-6-3-4-8-14(12)16(17)18/h3-4,6,8,13H,2,5,7,9-11H2,1H3. The Morgan fingerprint density at radius 3 is 3.00 bits per heavy atom. The minimum atomic E-state index is -0.306. The zero-order valence-corrected chi connectivity index (χ0v) is 11.2. The third-order valence-corrected chi connectivity index (χ3v) is 3.45. The summed E-state index contributed by atoms with van der Waals surface area (Å²) in [6, 6.07) is 6.97. The van der Waals surface area contributed by atoms with E-state index in [0.29, 0.717) is 6.54 Å². The number of para-hydroxylation sites is 1. The van der Waals surface area contributed by atoms with Crippen LogP contribution in [0.3, 0.4) is 0 Å². The van der Waals surface area contributed by atoms with Crippen molar-refractivity contribution in [3.8, 4) is 0 Å². The average molecular weight is 264 g/mol. The van der Waals surface area contributed by atoms with Crippen molar-refractivity contribution in [2.24, 2.45) is 0 Å². The van der Waals surface area contributed by atoms with Crippen LogP contribution in [0.25, 0.3) is 0 Å². The lowest BCUT2D eigenvalue weighted by Crippen LogP contribution is -2.39. The lowest BCUT2D eigenvalue weighted by Gasteiger charge is -2.32. The largest absolute Gasteiger partial charge is 0.377 e. The van der Waals surface area contributed by atoms with Gasteiger partial charge in [-0.3, -0.25) is 15.0 Å². The molecule has 5 heteroatoms. The number of hydrogen-bond acceptors (Lipinski definition) is 4. The molecule has 1 aliphatic heterocycles. The minimum absolute atomic E-state index is 0.209. The predicted octanol–water partition coefficient (Wildman–Crippen LogP) is 2.60.